The van der Waals surface area contributed by atoms with E-state index in [4.69, 9.17) is 23.2 Å². The van der Waals surface area contributed by atoms with Gasteiger partial charge in [-0.25, -0.2) is 0 Å². The minimum Gasteiger partial charge on any atom is -0.305 e. The normalized spacial score (nSPS) is 12.9. The third-order valence-electron chi connectivity index (χ3n) is 3.22. The molecule has 2 aromatic rings. The Morgan fingerprint density at radius 1 is 1.29 bits per heavy atom. The van der Waals surface area contributed by atoms with Gasteiger partial charge in [0.2, 0.25) is 0 Å². The fourth-order valence-electron chi connectivity index (χ4n) is 2.17. The number of nitrogens with zero attached hydrogens (tertiary/aromatic N) is 2. The number of hydrogen-bond acceptors (Lipinski definition) is 4. The van der Waals surface area contributed by atoms with Gasteiger partial charge in [-0.2, -0.15) is 0 Å². The van der Waals surface area contributed by atoms with Gasteiger partial charge in [-0.05, 0) is 54.2 Å². The SMILES string of the molecule is CCCNC(c1cc(Cl)ccc1Cl)c1snnc1C(C)C. The van der Waals surface area contributed by atoms with E-state index in [1.165, 1.54) is 11.5 Å². The van der Waals surface area contributed by atoms with E-state index in [0.717, 1.165) is 29.1 Å². The molecule has 0 saturated carbocycles. The molecule has 0 radical (unpaired) electrons. The molecular weight excluding hydrogens is 325 g/mol. The molecular formula is C15H19Cl2N3S. The summed E-state index contributed by atoms with van der Waals surface area (Å²) in [6.07, 6.45) is 1.04. The van der Waals surface area contributed by atoms with Crippen LogP contribution in [0.5, 0.6) is 0 Å². The monoisotopic (exact) mass is 343 g/mol. The minimum absolute atomic E-state index is 0.0199. The Bertz CT molecular complexity index is 598. The molecule has 1 aromatic heterocycles. The molecule has 0 aliphatic heterocycles. The summed E-state index contributed by atoms with van der Waals surface area (Å²) in [5.74, 6) is 0.322. The van der Waals surface area contributed by atoms with Crippen molar-refractivity contribution in [1.29, 1.82) is 0 Å². The Kier molecular flexibility index (Phi) is 5.99. The van der Waals surface area contributed by atoms with Crippen LogP contribution in [-0.4, -0.2) is 16.1 Å². The lowest BCUT2D eigenvalue weighted by atomic mass is 10.00. The van der Waals surface area contributed by atoms with Crippen molar-refractivity contribution in [2.45, 2.75) is 39.2 Å². The molecule has 1 heterocycles. The number of hydrogen-bond donors (Lipinski definition) is 1. The molecule has 0 aliphatic rings. The van der Waals surface area contributed by atoms with E-state index >= 15 is 0 Å². The highest BCUT2D eigenvalue weighted by molar-refractivity contribution is 7.05. The van der Waals surface area contributed by atoms with Crippen molar-refractivity contribution >= 4 is 34.7 Å². The molecule has 0 amide bonds. The van der Waals surface area contributed by atoms with Gasteiger partial charge in [0.1, 0.15) is 0 Å². The average molecular weight is 344 g/mol. The van der Waals surface area contributed by atoms with Crippen LogP contribution in [0.2, 0.25) is 10.0 Å². The lowest BCUT2D eigenvalue weighted by Gasteiger charge is -2.20. The van der Waals surface area contributed by atoms with Crippen molar-refractivity contribution in [3.05, 3.63) is 44.4 Å². The molecule has 1 unspecified atom stereocenters. The second-order valence-electron chi connectivity index (χ2n) is 5.23. The molecule has 0 bridgehead atoms. The number of halogens is 2. The lowest BCUT2D eigenvalue weighted by Crippen LogP contribution is -2.24. The Labute approximate surface area is 139 Å². The molecule has 114 valence electrons. The van der Waals surface area contributed by atoms with Gasteiger partial charge in [-0.3, -0.25) is 0 Å². The van der Waals surface area contributed by atoms with Crippen molar-refractivity contribution in [2.75, 3.05) is 6.54 Å². The zero-order valence-electron chi connectivity index (χ0n) is 12.4. The highest BCUT2D eigenvalue weighted by atomic mass is 35.5. The van der Waals surface area contributed by atoms with E-state index in [0.29, 0.717) is 16.0 Å². The highest BCUT2D eigenvalue weighted by Gasteiger charge is 2.24. The summed E-state index contributed by atoms with van der Waals surface area (Å²) in [4.78, 5) is 1.11. The summed E-state index contributed by atoms with van der Waals surface area (Å²) in [5.41, 5.74) is 2.00. The van der Waals surface area contributed by atoms with Crippen LogP contribution in [0, 0.1) is 0 Å². The van der Waals surface area contributed by atoms with Crippen molar-refractivity contribution in [3.8, 4) is 0 Å². The van der Waals surface area contributed by atoms with Crippen LogP contribution >= 0.6 is 34.7 Å². The molecule has 0 aliphatic carbocycles. The Morgan fingerprint density at radius 2 is 2.05 bits per heavy atom. The van der Waals surface area contributed by atoms with Crippen molar-refractivity contribution in [2.24, 2.45) is 0 Å². The standard InChI is InChI=1S/C15H19Cl2N3S/c1-4-7-18-14(11-8-10(16)5-6-12(11)17)15-13(9(2)3)19-20-21-15/h5-6,8-9,14,18H,4,7H2,1-3H3. The number of benzene rings is 1. The predicted octanol–water partition coefficient (Wildman–Crippen LogP) is 5.06. The number of aromatic nitrogens is 2. The van der Waals surface area contributed by atoms with E-state index in [-0.39, 0.29) is 6.04 Å². The molecule has 1 aromatic carbocycles. The first-order valence-electron chi connectivity index (χ1n) is 7.05. The lowest BCUT2D eigenvalue weighted by molar-refractivity contribution is 0.596. The summed E-state index contributed by atoms with van der Waals surface area (Å²) in [5, 5.41) is 9.20. The quantitative estimate of drug-likeness (QED) is 0.796. The third kappa shape index (κ3) is 3.95. The zero-order chi connectivity index (χ0) is 15.4. The van der Waals surface area contributed by atoms with Crippen LogP contribution in [0.25, 0.3) is 0 Å². The maximum atomic E-state index is 6.38. The molecule has 3 nitrogen and oxygen atoms in total. The van der Waals surface area contributed by atoms with Crippen LogP contribution in [0.15, 0.2) is 18.2 Å². The first-order valence-corrected chi connectivity index (χ1v) is 8.58. The van der Waals surface area contributed by atoms with Crippen LogP contribution < -0.4 is 5.32 Å². The summed E-state index contributed by atoms with van der Waals surface area (Å²) in [7, 11) is 0. The molecule has 1 N–H and O–H groups in total. The smallest absolute Gasteiger partial charge is 0.0832 e. The third-order valence-corrected chi connectivity index (χ3v) is 4.60. The second-order valence-corrected chi connectivity index (χ2v) is 6.86. The van der Waals surface area contributed by atoms with Gasteiger partial charge < -0.3 is 5.32 Å². The Morgan fingerprint density at radius 3 is 2.71 bits per heavy atom. The molecule has 0 spiro atoms. The Hall–Kier alpha value is -0.680. The number of nitrogens with one attached hydrogen (secondary N) is 1. The topological polar surface area (TPSA) is 37.8 Å². The van der Waals surface area contributed by atoms with Crippen LogP contribution in [0.4, 0.5) is 0 Å². The predicted molar refractivity (Wildman–Crippen MR) is 90.6 cm³/mol. The molecule has 6 heteroatoms. The van der Waals surface area contributed by atoms with E-state index in [1.807, 2.05) is 12.1 Å². The summed E-state index contributed by atoms with van der Waals surface area (Å²) < 4.78 is 4.13. The van der Waals surface area contributed by atoms with E-state index in [9.17, 15) is 0 Å². The highest BCUT2D eigenvalue weighted by Crippen LogP contribution is 2.35. The second kappa shape index (κ2) is 7.54. The molecule has 2 rings (SSSR count). The minimum atomic E-state index is -0.0199. The average Bonchev–Trinajstić information content (AvgIpc) is 2.92. The van der Waals surface area contributed by atoms with E-state index in [1.54, 1.807) is 6.07 Å². The zero-order valence-corrected chi connectivity index (χ0v) is 14.7. The van der Waals surface area contributed by atoms with Gasteiger partial charge >= 0.3 is 0 Å². The molecule has 0 saturated heterocycles. The first kappa shape index (κ1) is 16.7. The van der Waals surface area contributed by atoms with Crippen LogP contribution in [-0.2, 0) is 0 Å². The van der Waals surface area contributed by atoms with Gasteiger partial charge in [0.05, 0.1) is 16.6 Å². The fourth-order valence-corrected chi connectivity index (χ4v) is 3.48. The summed E-state index contributed by atoms with van der Waals surface area (Å²) in [6.45, 7) is 7.27. The van der Waals surface area contributed by atoms with Crippen LogP contribution in [0.1, 0.15) is 55.3 Å². The van der Waals surface area contributed by atoms with Crippen molar-refractivity contribution < 1.29 is 0 Å². The van der Waals surface area contributed by atoms with E-state index in [2.05, 4.69) is 35.7 Å². The maximum absolute atomic E-state index is 6.38. The largest absolute Gasteiger partial charge is 0.305 e. The summed E-state index contributed by atoms with van der Waals surface area (Å²) >= 11 is 13.9. The van der Waals surface area contributed by atoms with Crippen molar-refractivity contribution in [3.63, 3.8) is 0 Å². The van der Waals surface area contributed by atoms with E-state index < -0.39 is 0 Å². The number of rotatable bonds is 6. The van der Waals surface area contributed by atoms with Gasteiger partial charge in [-0.1, -0.05) is 48.5 Å². The van der Waals surface area contributed by atoms with Crippen molar-refractivity contribution in [1.82, 2.24) is 14.9 Å². The molecule has 1 atom stereocenters. The van der Waals surface area contributed by atoms with Gasteiger partial charge in [0.25, 0.3) is 0 Å². The van der Waals surface area contributed by atoms with Gasteiger partial charge in [-0.15, -0.1) is 5.10 Å². The first-order chi connectivity index (χ1) is 10.0. The summed E-state index contributed by atoms with van der Waals surface area (Å²) in [6, 6.07) is 5.54. The maximum Gasteiger partial charge on any atom is 0.0832 e. The Balaban J connectivity index is 2.47. The van der Waals surface area contributed by atoms with Gasteiger partial charge in [0, 0.05) is 10.0 Å². The fraction of sp³-hybridized carbons (Fsp3) is 0.467. The van der Waals surface area contributed by atoms with Crippen LogP contribution in [0.3, 0.4) is 0 Å². The molecule has 0 fully saturated rings. The van der Waals surface area contributed by atoms with Gasteiger partial charge in [0.15, 0.2) is 0 Å². The molecule has 21 heavy (non-hydrogen) atoms.